The van der Waals surface area contributed by atoms with Gasteiger partial charge in [0.05, 0.1) is 6.54 Å². The smallest absolute Gasteiger partial charge is 0.176 e. The van der Waals surface area contributed by atoms with E-state index < -0.39 is 0 Å². The van der Waals surface area contributed by atoms with E-state index >= 15 is 0 Å². The summed E-state index contributed by atoms with van der Waals surface area (Å²) in [7, 11) is 4.16. The van der Waals surface area contributed by atoms with Gasteiger partial charge in [-0.3, -0.25) is 9.69 Å². The number of rotatable bonds is 8. The minimum Gasteiger partial charge on any atom is -0.309 e. The molecule has 0 radical (unpaired) electrons. The molecular weight excluding hydrogens is 236 g/mol. The van der Waals surface area contributed by atoms with E-state index in [2.05, 4.69) is 30.8 Å². The van der Waals surface area contributed by atoms with Crippen molar-refractivity contribution in [1.29, 1.82) is 0 Å². The Morgan fingerprint density at radius 3 is 2.53 bits per heavy atom. The third-order valence-corrected chi connectivity index (χ3v) is 3.23. The topological polar surface area (TPSA) is 23.6 Å². The van der Waals surface area contributed by atoms with Gasteiger partial charge in [-0.15, -0.1) is 0 Å². The van der Waals surface area contributed by atoms with Crippen molar-refractivity contribution in [3.8, 4) is 0 Å². The van der Waals surface area contributed by atoms with Crippen LogP contribution in [-0.2, 0) is 0 Å². The van der Waals surface area contributed by atoms with Crippen molar-refractivity contribution in [2.24, 2.45) is 0 Å². The molecule has 0 aliphatic rings. The predicted molar refractivity (Wildman–Crippen MR) is 80.8 cm³/mol. The molecule has 106 valence electrons. The monoisotopic (exact) mass is 262 g/mol. The molecule has 1 rings (SSSR count). The summed E-state index contributed by atoms with van der Waals surface area (Å²) < 4.78 is 0. The van der Waals surface area contributed by atoms with E-state index in [9.17, 15) is 4.79 Å². The van der Waals surface area contributed by atoms with Gasteiger partial charge in [-0.25, -0.2) is 0 Å². The SMILES string of the molecule is CCN(CCCN(C)C)CC(=O)c1cccc(C)c1. The number of ketones is 1. The highest BCUT2D eigenvalue weighted by Crippen LogP contribution is 2.06. The molecule has 0 aliphatic carbocycles. The van der Waals surface area contributed by atoms with Gasteiger partial charge >= 0.3 is 0 Å². The predicted octanol–water partition coefficient (Wildman–Crippen LogP) is 2.45. The number of hydrogen-bond acceptors (Lipinski definition) is 3. The second-order valence-corrected chi connectivity index (χ2v) is 5.32. The first kappa shape index (κ1) is 15.9. The van der Waals surface area contributed by atoms with Crippen LogP contribution in [0, 0.1) is 6.92 Å². The van der Waals surface area contributed by atoms with Gasteiger partial charge in [0.25, 0.3) is 0 Å². The van der Waals surface area contributed by atoms with E-state index in [4.69, 9.17) is 0 Å². The summed E-state index contributed by atoms with van der Waals surface area (Å²) in [4.78, 5) is 16.6. The first-order valence-corrected chi connectivity index (χ1v) is 7.00. The molecule has 0 unspecified atom stereocenters. The minimum atomic E-state index is 0.218. The van der Waals surface area contributed by atoms with Crippen molar-refractivity contribution in [2.75, 3.05) is 40.3 Å². The molecule has 0 bridgehead atoms. The van der Waals surface area contributed by atoms with Gasteiger partial charge in [-0.1, -0.05) is 30.7 Å². The Balaban J connectivity index is 2.48. The molecule has 0 N–H and O–H groups in total. The maximum Gasteiger partial charge on any atom is 0.176 e. The molecule has 0 saturated heterocycles. The van der Waals surface area contributed by atoms with Crippen molar-refractivity contribution in [3.05, 3.63) is 35.4 Å². The lowest BCUT2D eigenvalue weighted by molar-refractivity contribution is 0.0931. The largest absolute Gasteiger partial charge is 0.309 e. The number of carbonyl (C=O) groups excluding carboxylic acids is 1. The van der Waals surface area contributed by atoms with Gasteiger partial charge in [0.15, 0.2) is 5.78 Å². The van der Waals surface area contributed by atoms with Crippen LogP contribution in [0.2, 0.25) is 0 Å². The Morgan fingerprint density at radius 1 is 1.21 bits per heavy atom. The van der Waals surface area contributed by atoms with Gasteiger partial charge in [0.2, 0.25) is 0 Å². The van der Waals surface area contributed by atoms with Crippen molar-refractivity contribution in [1.82, 2.24) is 9.80 Å². The molecule has 19 heavy (non-hydrogen) atoms. The average Bonchev–Trinajstić information content (AvgIpc) is 2.37. The van der Waals surface area contributed by atoms with Crippen molar-refractivity contribution in [2.45, 2.75) is 20.3 Å². The summed E-state index contributed by atoms with van der Waals surface area (Å²) >= 11 is 0. The number of nitrogens with zero attached hydrogens (tertiary/aromatic N) is 2. The standard InChI is InChI=1S/C16H26N2O/c1-5-18(11-7-10-17(3)4)13-16(19)15-9-6-8-14(2)12-15/h6,8-9,12H,5,7,10-11,13H2,1-4H3. The summed E-state index contributed by atoms with van der Waals surface area (Å²) in [6.45, 7) is 7.62. The third-order valence-electron chi connectivity index (χ3n) is 3.23. The summed E-state index contributed by atoms with van der Waals surface area (Å²) in [6, 6.07) is 7.84. The van der Waals surface area contributed by atoms with Crippen LogP contribution in [0.15, 0.2) is 24.3 Å². The molecule has 3 nitrogen and oxygen atoms in total. The molecule has 1 aromatic rings. The molecule has 3 heteroatoms. The second-order valence-electron chi connectivity index (χ2n) is 5.32. The Hall–Kier alpha value is -1.19. The van der Waals surface area contributed by atoms with Gasteiger partial charge in [-0.2, -0.15) is 0 Å². The fraction of sp³-hybridized carbons (Fsp3) is 0.562. The summed E-state index contributed by atoms with van der Waals surface area (Å²) in [6.07, 6.45) is 1.10. The highest BCUT2D eigenvalue weighted by atomic mass is 16.1. The van der Waals surface area contributed by atoms with Gasteiger partial charge in [-0.05, 0) is 53.1 Å². The Bertz CT molecular complexity index is 401. The Morgan fingerprint density at radius 2 is 1.95 bits per heavy atom. The van der Waals surface area contributed by atoms with Crippen LogP contribution in [0.5, 0.6) is 0 Å². The van der Waals surface area contributed by atoms with Gasteiger partial charge < -0.3 is 4.90 Å². The van der Waals surface area contributed by atoms with Crippen molar-refractivity contribution < 1.29 is 4.79 Å². The van der Waals surface area contributed by atoms with E-state index in [0.717, 1.165) is 37.2 Å². The highest BCUT2D eigenvalue weighted by Gasteiger charge is 2.11. The fourth-order valence-corrected chi connectivity index (χ4v) is 2.07. The Kier molecular flexibility index (Phi) is 6.74. The normalized spacial score (nSPS) is 11.3. The van der Waals surface area contributed by atoms with Crippen LogP contribution in [0.25, 0.3) is 0 Å². The van der Waals surface area contributed by atoms with Gasteiger partial charge in [0.1, 0.15) is 0 Å². The zero-order valence-corrected chi connectivity index (χ0v) is 12.6. The molecule has 0 aliphatic heterocycles. The van der Waals surface area contributed by atoms with E-state index in [1.807, 2.05) is 31.2 Å². The Labute approximate surface area is 117 Å². The lowest BCUT2D eigenvalue weighted by Crippen LogP contribution is -2.32. The van der Waals surface area contributed by atoms with E-state index in [-0.39, 0.29) is 5.78 Å². The minimum absolute atomic E-state index is 0.218. The summed E-state index contributed by atoms with van der Waals surface area (Å²) in [5.74, 6) is 0.218. The summed E-state index contributed by atoms with van der Waals surface area (Å²) in [5, 5.41) is 0. The third kappa shape index (κ3) is 5.99. The van der Waals surface area contributed by atoms with E-state index in [1.54, 1.807) is 0 Å². The molecule has 0 spiro atoms. The van der Waals surface area contributed by atoms with Crippen molar-refractivity contribution >= 4 is 5.78 Å². The molecule has 0 fully saturated rings. The summed E-state index contributed by atoms with van der Waals surface area (Å²) in [5.41, 5.74) is 1.97. The van der Waals surface area contributed by atoms with Crippen molar-refractivity contribution in [3.63, 3.8) is 0 Å². The number of benzene rings is 1. The molecule has 0 aromatic heterocycles. The highest BCUT2D eigenvalue weighted by molar-refractivity contribution is 5.97. The zero-order chi connectivity index (χ0) is 14.3. The zero-order valence-electron chi connectivity index (χ0n) is 12.6. The van der Waals surface area contributed by atoms with Crippen LogP contribution in [0.4, 0.5) is 0 Å². The molecular formula is C16H26N2O. The maximum absolute atomic E-state index is 12.2. The second kappa shape index (κ2) is 8.08. The lowest BCUT2D eigenvalue weighted by Gasteiger charge is -2.20. The first-order valence-electron chi connectivity index (χ1n) is 7.00. The first-order chi connectivity index (χ1) is 9.02. The number of Topliss-reactive ketones (excluding diaryl/α,β-unsaturated/α-hetero) is 1. The van der Waals surface area contributed by atoms with Crippen LogP contribution in [-0.4, -0.2) is 55.9 Å². The van der Waals surface area contributed by atoms with Crippen LogP contribution >= 0.6 is 0 Å². The van der Waals surface area contributed by atoms with Crippen LogP contribution < -0.4 is 0 Å². The number of carbonyl (C=O) groups is 1. The van der Waals surface area contributed by atoms with E-state index in [1.165, 1.54) is 0 Å². The fourth-order valence-electron chi connectivity index (χ4n) is 2.07. The quantitative estimate of drug-likeness (QED) is 0.672. The molecule has 0 atom stereocenters. The average molecular weight is 262 g/mol. The lowest BCUT2D eigenvalue weighted by atomic mass is 10.1. The molecule has 0 amide bonds. The van der Waals surface area contributed by atoms with E-state index in [0.29, 0.717) is 6.54 Å². The number of likely N-dealkylation sites (N-methyl/N-ethyl adjacent to an activating group) is 1. The number of aryl methyl sites for hydroxylation is 1. The van der Waals surface area contributed by atoms with Crippen LogP contribution in [0.3, 0.4) is 0 Å². The van der Waals surface area contributed by atoms with Gasteiger partial charge in [0, 0.05) is 5.56 Å². The molecule has 0 saturated carbocycles. The molecule has 1 aromatic carbocycles. The van der Waals surface area contributed by atoms with Crippen LogP contribution in [0.1, 0.15) is 29.3 Å². The number of hydrogen-bond donors (Lipinski definition) is 0. The molecule has 0 heterocycles. The maximum atomic E-state index is 12.2.